The molecule has 0 aliphatic carbocycles. The molecule has 0 atom stereocenters. The highest BCUT2D eigenvalue weighted by Crippen LogP contribution is 2.19. The van der Waals surface area contributed by atoms with Crippen molar-refractivity contribution in [2.75, 3.05) is 17.3 Å². The Kier molecular flexibility index (Phi) is 5.51. The summed E-state index contributed by atoms with van der Waals surface area (Å²) in [5.74, 6) is 7.87. The van der Waals surface area contributed by atoms with Gasteiger partial charge >= 0.3 is 0 Å². The van der Waals surface area contributed by atoms with E-state index < -0.39 is 0 Å². The van der Waals surface area contributed by atoms with Gasteiger partial charge in [0.15, 0.2) is 0 Å². The maximum absolute atomic E-state index is 5.52. The number of rotatable bonds is 8. The summed E-state index contributed by atoms with van der Waals surface area (Å²) in [5, 5.41) is 7.54. The molecule has 4 N–H and O–H groups in total. The van der Waals surface area contributed by atoms with Gasteiger partial charge in [0.05, 0.1) is 0 Å². The van der Waals surface area contributed by atoms with Gasteiger partial charge in [-0.15, -0.1) is 0 Å². The lowest BCUT2D eigenvalue weighted by atomic mass is 10.2. The minimum absolute atomic E-state index is 0.683. The molecule has 2 rings (SSSR count). The number of hydrogen-bond acceptors (Lipinski definition) is 6. The van der Waals surface area contributed by atoms with Gasteiger partial charge in [-0.3, -0.25) is 4.68 Å². The number of anilines is 2. The molecule has 0 saturated carbocycles. The second kappa shape index (κ2) is 7.58. The van der Waals surface area contributed by atoms with E-state index in [-0.39, 0.29) is 0 Å². The molecule has 0 fully saturated rings. The second-order valence-corrected chi connectivity index (χ2v) is 4.91. The monoisotopic (exact) mass is 289 g/mol. The first-order chi connectivity index (χ1) is 10.2. The highest BCUT2D eigenvalue weighted by atomic mass is 15.3. The Morgan fingerprint density at radius 2 is 2.10 bits per heavy atom. The van der Waals surface area contributed by atoms with Crippen molar-refractivity contribution in [1.82, 2.24) is 19.7 Å². The zero-order valence-electron chi connectivity index (χ0n) is 12.6. The molecule has 7 heteroatoms. The van der Waals surface area contributed by atoms with Crippen LogP contribution in [-0.4, -0.2) is 26.3 Å². The van der Waals surface area contributed by atoms with Crippen molar-refractivity contribution in [3.8, 4) is 0 Å². The Labute approximate surface area is 124 Å². The van der Waals surface area contributed by atoms with E-state index >= 15 is 0 Å². The van der Waals surface area contributed by atoms with E-state index in [1.54, 1.807) is 6.20 Å². The fourth-order valence-corrected chi connectivity index (χ4v) is 2.09. The van der Waals surface area contributed by atoms with Gasteiger partial charge in [-0.1, -0.05) is 6.92 Å². The minimum Gasteiger partial charge on any atom is -0.370 e. The van der Waals surface area contributed by atoms with Gasteiger partial charge in [-0.05, 0) is 25.8 Å². The van der Waals surface area contributed by atoms with Crippen LogP contribution in [0, 0.1) is 6.92 Å². The molecule has 2 aromatic heterocycles. The number of hydrogen-bond donors (Lipinski definition) is 3. The largest absolute Gasteiger partial charge is 0.370 e. The Morgan fingerprint density at radius 3 is 2.76 bits per heavy atom. The molecule has 7 nitrogen and oxygen atoms in total. The normalized spacial score (nSPS) is 10.6. The zero-order chi connectivity index (χ0) is 15.1. The fraction of sp³-hybridized carbons (Fsp3) is 0.500. The van der Waals surface area contributed by atoms with Gasteiger partial charge < -0.3 is 10.7 Å². The van der Waals surface area contributed by atoms with Crippen LogP contribution in [-0.2, 0) is 13.0 Å². The first-order valence-electron chi connectivity index (χ1n) is 7.30. The predicted octanol–water partition coefficient (Wildman–Crippen LogP) is 1.72. The van der Waals surface area contributed by atoms with Gasteiger partial charge in [-0.2, -0.15) is 5.10 Å². The second-order valence-electron chi connectivity index (χ2n) is 4.91. The lowest BCUT2D eigenvalue weighted by Gasteiger charge is -2.13. The van der Waals surface area contributed by atoms with Crippen molar-refractivity contribution < 1.29 is 0 Å². The average molecular weight is 289 g/mol. The molecule has 0 amide bonds. The molecule has 114 valence electrons. The third kappa shape index (κ3) is 4.16. The van der Waals surface area contributed by atoms with Gasteiger partial charge in [0.25, 0.3) is 0 Å². The lowest BCUT2D eigenvalue weighted by molar-refractivity contribution is 0.591. The Balaban J connectivity index is 1.96. The number of aryl methyl sites for hydroxylation is 2. The third-order valence-corrected chi connectivity index (χ3v) is 3.22. The lowest BCUT2D eigenvalue weighted by Crippen LogP contribution is -2.16. The number of nitrogen functional groups attached to an aromatic ring is 1. The molecule has 0 aliphatic rings. The van der Waals surface area contributed by atoms with Crippen LogP contribution < -0.4 is 16.6 Å². The van der Waals surface area contributed by atoms with Gasteiger partial charge in [0.1, 0.15) is 17.5 Å². The topological polar surface area (TPSA) is 93.7 Å². The fourth-order valence-electron chi connectivity index (χ4n) is 2.09. The third-order valence-electron chi connectivity index (χ3n) is 3.22. The van der Waals surface area contributed by atoms with Crippen molar-refractivity contribution in [1.29, 1.82) is 0 Å². The van der Waals surface area contributed by atoms with E-state index in [9.17, 15) is 0 Å². The summed E-state index contributed by atoms with van der Waals surface area (Å²) < 4.78 is 1.92. The van der Waals surface area contributed by atoms with Crippen LogP contribution in [0.5, 0.6) is 0 Å². The van der Waals surface area contributed by atoms with E-state index in [1.165, 1.54) is 0 Å². The van der Waals surface area contributed by atoms with Crippen LogP contribution in [0.3, 0.4) is 0 Å². The number of nitrogens with two attached hydrogens (primary N) is 1. The Bertz CT molecular complexity index is 551. The van der Waals surface area contributed by atoms with Crippen LogP contribution in [0.1, 0.15) is 31.2 Å². The zero-order valence-corrected chi connectivity index (χ0v) is 12.6. The average Bonchev–Trinajstić information content (AvgIpc) is 2.99. The highest BCUT2D eigenvalue weighted by molar-refractivity contribution is 5.56. The standard InChI is InChI=1S/C14H23N7/c1-3-6-12-18-13(11(2)14(19-12)20-15)16-7-4-9-21-10-5-8-17-21/h5,8,10H,3-4,6-7,9,15H2,1-2H3,(H2,16,18,19,20). The van der Waals surface area contributed by atoms with E-state index in [0.717, 1.165) is 49.6 Å². The molecule has 0 aliphatic heterocycles. The number of nitrogens with one attached hydrogen (secondary N) is 2. The minimum atomic E-state index is 0.683. The smallest absolute Gasteiger partial charge is 0.148 e. The van der Waals surface area contributed by atoms with Crippen molar-refractivity contribution in [3.63, 3.8) is 0 Å². The van der Waals surface area contributed by atoms with Crippen LogP contribution in [0.4, 0.5) is 11.6 Å². The molecular formula is C14H23N7. The molecular weight excluding hydrogens is 266 g/mol. The SMILES string of the molecule is CCCc1nc(NN)c(C)c(NCCCn2cccn2)n1. The molecule has 2 aromatic rings. The van der Waals surface area contributed by atoms with Crippen molar-refractivity contribution in [2.24, 2.45) is 5.84 Å². The highest BCUT2D eigenvalue weighted by Gasteiger charge is 2.09. The van der Waals surface area contributed by atoms with Crippen LogP contribution in [0.25, 0.3) is 0 Å². The molecule has 0 spiro atoms. The summed E-state index contributed by atoms with van der Waals surface area (Å²) in [6.45, 7) is 5.78. The maximum atomic E-state index is 5.52. The first kappa shape index (κ1) is 15.2. The summed E-state index contributed by atoms with van der Waals surface area (Å²) >= 11 is 0. The first-order valence-corrected chi connectivity index (χ1v) is 7.30. The van der Waals surface area contributed by atoms with E-state index in [1.807, 2.05) is 23.9 Å². The molecule has 0 saturated heterocycles. The van der Waals surface area contributed by atoms with Crippen LogP contribution in [0.2, 0.25) is 0 Å². The summed E-state index contributed by atoms with van der Waals surface area (Å²) in [5.41, 5.74) is 3.58. The van der Waals surface area contributed by atoms with Gasteiger partial charge in [-0.25, -0.2) is 15.8 Å². The van der Waals surface area contributed by atoms with E-state index in [4.69, 9.17) is 5.84 Å². The molecule has 0 radical (unpaired) electrons. The van der Waals surface area contributed by atoms with Crippen LogP contribution in [0.15, 0.2) is 18.5 Å². The van der Waals surface area contributed by atoms with E-state index in [0.29, 0.717) is 5.82 Å². The van der Waals surface area contributed by atoms with Crippen LogP contribution >= 0.6 is 0 Å². The van der Waals surface area contributed by atoms with Gasteiger partial charge in [0.2, 0.25) is 0 Å². The summed E-state index contributed by atoms with van der Waals surface area (Å²) in [6, 6.07) is 1.93. The molecule has 0 unspecified atom stereocenters. The van der Waals surface area contributed by atoms with Crippen molar-refractivity contribution >= 4 is 11.6 Å². The van der Waals surface area contributed by atoms with Crippen molar-refractivity contribution in [3.05, 3.63) is 29.8 Å². The predicted molar refractivity (Wildman–Crippen MR) is 83.9 cm³/mol. The molecule has 0 aromatic carbocycles. The summed E-state index contributed by atoms with van der Waals surface area (Å²) in [6.07, 6.45) is 6.58. The quantitative estimate of drug-likeness (QED) is 0.389. The Morgan fingerprint density at radius 1 is 1.29 bits per heavy atom. The number of aromatic nitrogens is 4. The number of nitrogens with zero attached hydrogens (tertiary/aromatic N) is 4. The van der Waals surface area contributed by atoms with E-state index in [2.05, 4.69) is 32.7 Å². The summed E-state index contributed by atoms with van der Waals surface area (Å²) in [4.78, 5) is 8.97. The Hall–Kier alpha value is -2.15. The van der Waals surface area contributed by atoms with Crippen molar-refractivity contribution in [2.45, 2.75) is 39.7 Å². The summed E-state index contributed by atoms with van der Waals surface area (Å²) in [7, 11) is 0. The van der Waals surface area contributed by atoms with Gasteiger partial charge in [0, 0.05) is 37.5 Å². The molecule has 21 heavy (non-hydrogen) atoms. The maximum Gasteiger partial charge on any atom is 0.148 e. The molecule has 2 heterocycles. The number of hydrazine groups is 1. The molecule has 0 bridgehead atoms.